The molecule has 30 heavy (non-hydrogen) atoms. The van der Waals surface area contributed by atoms with E-state index in [9.17, 15) is 31.1 Å². The van der Waals surface area contributed by atoms with E-state index in [1.807, 2.05) is 0 Å². The molecule has 0 saturated carbocycles. The second-order valence-corrected chi connectivity index (χ2v) is 7.17. The average Bonchev–Trinajstić information content (AvgIpc) is 3.00. The third-order valence-corrected chi connectivity index (χ3v) is 4.98. The Morgan fingerprint density at radius 1 is 1.17 bits per heavy atom. The summed E-state index contributed by atoms with van der Waals surface area (Å²) >= 11 is 0. The first-order valence-electron chi connectivity index (χ1n) is 9.17. The Labute approximate surface area is 167 Å². The Kier molecular flexibility index (Phi) is 6.06. The van der Waals surface area contributed by atoms with Crippen LogP contribution in [0.25, 0.3) is 0 Å². The van der Waals surface area contributed by atoms with Gasteiger partial charge in [-0.2, -0.15) is 13.2 Å². The highest BCUT2D eigenvalue weighted by atomic mass is 19.4. The Balaban J connectivity index is 1.72. The van der Waals surface area contributed by atoms with Crippen molar-refractivity contribution in [3.05, 3.63) is 46.8 Å². The number of hydrogen-bond acceptors (Lipinski definition) is 4. The van der Waals surface area contributed by atoms with E-state index in [2.05, 4.69) is 10.2 Å². The van der Waals surface area contributed by atoms with Gasteiger partial charge in [0.1, 0.15) is 5.82 Å². The highest BCUT2D eigenvalue weighted by Crippen LogP contribution is 2.32. The lowest BCUT2D eigenvalue weighted by Crippen LogP contribution is -2.38. The number of aromatic nitrogens is 3. The minimum absolute atomic E-state index is 0.00256. The maximum atomic E-state index is 13.8. The monoisotopic (exact) mass is 435 g/mol. The molecule has 3 rings (SSSR count). The molecule has 12 heteroatoms. The van der Waals surface area contributed by atoms with Crippen LogP contribution < -0.4 is 5.73 Å². The molecule has 1 aromatic carbocycles. The molecule has 1 aliphatic heterocycles. The molecule has 2 aromatic rings. The van der Waals surface area contributed by atoms with Crippen LogP contribution in [0.4, 0.5) is 26.3 Å². The zero-order chi connectivity index (χ0) is 22.2. The Bertz CT molecular complexity index is 944. The van der Waals surface area contributed by atoms with Gasteiger partial charge < -0.3 is 15.2 Å². The second-order valence-electron chi connectivity index (χ2n) is 7.17. The number of carbonyl (C=O) groups excluding carboxylic acids is 1. The molecule has 1 unspecified atom stereocenters. The molecule has 164 valence electrons. The molecule has 0 radical (unpaired) electrons. The molecule has 2 atom stereocenters. The lowest BCUT2D eigenvalue weighted by Gasteiger charge is -2.27. The van der Waals surface area contributed by atoms with Gasteiger partial charge >= 0.3 is 6.18 Å². The molecule has 0 fully saturated rings. The van der Waals surface area contributed by atoms with Crippen LogP contribution in [0.15, 0.2) is 12.1 Å². The predicted octanol–water partition coefficient (Wildman–Crippen LogP) is 2.97. The molecule has 1 aromatic heterocycles. The van der Waals surface area contributed by atoms with Gasteiger partial charge in [0, 0.05) is 31.6 Å². The van der Waals surface area contributed by atoms with E-state index in [4.69, 9.17) is 5.73 Å². The summed E-state index contributed by atoms with van der Waals surface area (Å²) in [6, 6.07) is -0.599. The van der Waals surface area contributed by atoms with Crippen LogP contribution in [0.1, 0.15) is 43.0 Å². The number of fused-ring (bicyclic) bond motifs is 1. The normalized spacial score (nSPS) is 18.1. The summed E-state index contributed by atoms with van der Waals surface area (Å²) in [6.45, 7) is 1.70. The summed E-state index contributed by atoms with van der Waals surface area (Å²) in [5.74, 6) is -5.12. The van der Waals surface area contributed by atoms with Crippen LogP contribution in [-0.2, 0) is 23.9 Å². The van der Waals surface area contributed by atoms with Crippen LogP contribution in [-0.4, -0.2) is 38.2 Å². The molecule has 2 heterocycles. The first-order valence-corrected chi connectivity index (χ1v) is 9.17. The number of alkyl halides is 3. The summed E-state index contributed by atoms with van der Waals surface area (Å²) in [5.41, 5.74) is 5.72. The second kappa shape index (κ2) is 8.25. The van der Waals surface area contributed by atoms with Crippen molar-refractivity contribution in [1.82, 2.24) is 19.7 Å². The van der Waals surface area contributed by atoms with Gasteiger partial charge in [-0.05, 0) is 31.4 Å². The van der Waals surface area contributed by atoms with Gasteiger partial charge in [-0.15, -0.1) is 10.2 Å². The minimum Gasteiger partial charge on any atom is -0.333 e. The third-order valence-electron chi connectivity index (χ3n) is 4.98. The minimum atomic E-state index is -4.67. The lowest BCUT2D eigenvalue weighted by atomic mass is 10.0. The van der Waals surface area contributed by atoms with Crippen molar-refractivity contribution in [1.29, 1.82) is 0 Å². The van der Waals surface area contributed by atoms with Gasteiger partial charge in [0.25, 0.3) is 0 Å². The molecule has 0 saturated heterocycles. The van der Waals surface area contributed by atoms with Gasteiger partial charge in [-0.25, -0.2) is 13.2 Å². The van der Waals surface area contributed by atoms with E-state index in [0.29, 0.717) is 12.1 Å². The zero-order valence-corrected chi connectivity index (χ0v) is 15.9. The molecular formula is C18H19F6N5O. The van der Waals surface area contributed by atoms with Gasteiger partial charge in [-0.1, -0.05) is 0 Å². The number of nitrogens with two attached hydrogens (primary N) is 1. The summed E-state index contributed by atoms with van der Waals surface area (Å²) in [5, 5.41) is 6.83. The Hall–Kier alpha value is -2.63. The van der Waals surface area contributed by atoms with Crippen LogP contribution >= 0.6 is 0 Å². The van der Waals surface area contributed by atoms with Gasteiger partial charge in [0.15, 0.2) is 17.5 Å². The van der Waals surface area contributed by atoms with Crippen LogP contribution in [0.3, 0.4) is 0 Å². The fraction of sp³-hybridized carbons (Fsp3) is 0.500. The zero-order valence-electron chi connectivity index (χ0n) is 15.9. The summed E-state index contributed by atoms with van der Waals surface area (Å²) < 4.78 is 80.4. The molecule has 6 nitrogen and oxygen atoms in total. The highest BCUT2D eigenvalue weighted by Gasteiger charge is 2.40. The van der Waals surface area contributed by atoms with Crippen LogP contribution in [0.2, 0.25) is 0 Å². The third kappa shape index (κ3) is 4.42. The number of nitrogens with zero attached hydrogens (tertiary/aromatic N) is 4. The molecule has 1 amide bonds. The molecule has 0 spiro atoms. The lowest BCUT2D eigenvalue weighted by molar-refractivity contribution is -0.147. The first kappa shape index (κ1) is 22.1. The van der Waals surface area contributed by atoms with Gasteiger partial charge in [-0.3, -0.25) is 4.79 Å². The summed E-state index contributed by atoms with van der Waals surface area (Å²) in [6.07, 6.45) is -4.90. The van der Waals surface area contributed by atoms with Crippen LogP contribution in [0, 0.1) is 17.5 Å². The number of amides is 1. The number of hydrogen-bond donors (Lipinski definition) is 1. The molecule has 0 aliphatic carbocycles. The standard InChI is InChI=1S/C18H19F6N5O/c1-9-16-26-27-17(18(22,23)24)29(16)4-2-3-28(9)15(30)7-11(25)5-10-6-13(20)14(21)8-12(10)19/h6,8-9,11H,2-5,7,25H2,1H3/t9?,11-/m1/s1. The largest absolute Gasteiger partial charge is 0.451 e. The summed E-state index contributed by atoms with van der Waals surface area (Å²) in [7, 11) is 0. The molecular weight excluding hydrogens is 416 g/mol. The highest BCUT2D eigenvalue weighted by molar-refractivity contribution is 5.77. The molecule has 2 N–H and O–H groups in total. The molecule has 1 aliphatic rings. The van der Waals surface area contributed by atoms with E-state index in [1.165, 1.54) is 11.8 Å². The summed E-state index contributed by atoms with van der Waals surface area (Å²) in [4.78, 5) is 14.1. The quantitative estimate of drug-likeness (QED) is 0.592. The fourth-order valence-corrected chi connectivity index (χ4v) is 3.54. The number of halogens is 6. The first-order chi connectivity index (χ1) is 14.0. The van der Waals surface area contributed by atoms with E-state index in [1.54, 1.807) is 0 Å². The smallest absolute Gasteiger partial charge is 0.333 e. The van der Waals surface area contributed by atoms with Crippen molar-refractivity contribution < 1.29 is 31.1 Å². The maximum absolute atomic E-state index is 13.8. The number of benzene rings is 1. The SMILES string of the molecule is CC1c2nnc(C(F)(F)F)n2CCCN1C(=O)C[C@H](N)Cc1cc(F)c(F)cc1F. The van der Waals surface area contributed by atoms with Crippen molar-refractivity contribution >= 4 is 5.91 Å². The number of carbonyl (C=O) groups is 1. The van der Waals surface area contributed by atoms with Crippen molar-refractivity contribution in [2.45, 2.75) is 51.0 Å². The molecule has 0 bridgehead atoms. The van der Waals surface area contributed by atoms with Crippen LogP contribution in [0.5, 0.6) is 0 Å². The van der Waals surface area contributed by atoms with Crippen molar-refractivity contribution in [2.75, 3.05) is 6.54 Å². The Morgan fingerprint density at radius 2 is 1.83 bits per heavy atom. The fourth-order valence-electron chi connectivity index (χ4n) is 3.54. The van der Waals surface area contributed by atoms with Gasteiger partial charge in [0.05, 0.1) is 6.04 Å². The van der Waals surface area contributed by atoms with Crippen molar-refractivity contribution in [3.8, 4) is 0 Å². The Morgan fingerprint density at radius 3 is 2.50 bits per heavy atom. The van der Waals surface area contributed by atoms with E-state index in [0.717, 1.165) is 4.57 Å². The van der Waals surface area contributed by atoms with Crippen molar-refractivity contribution in [2.24, 2.45) is 5.73 Å². The van der Waals surface area contributed by atoms with Gasteiger partial charge in [0.2, 0.25) is 11.7 Å². The number of rotatable bonds is 4. The van der Waals surface area contributed by atoms with E-state index >= 15 is 0 Å². The predicted molar refractivity (Wildman–Crippen MR) is 92.4 cm³/mol. The van der Waals surface area contributed by atoms with E-state index in [-0.39, 0.29) is 43.7 Å². The topological polar surface area (TPSA) is 77.0 Å². The van der Waals surface area contributed by atoms with Crippen molar-refractivity contribution in [3.63, 3.8) is 0 Å². The average molecular weight is 435 g/mol. The van der Waals surface area contributed by atoms with E-state index < -0.39 is 47.4 Å². The maximum Gasteiger partial charge on any atom is 0.451 e.